The van der Waals surface area contributed by atoms with E-state index in [9.17, 15) is 40.5 Å². The summed E-state index contributed by atoms with van der Waals surface area (Å²) in [6, 6.07) is 25.8. The van der Waals surface area contributed by atoms with Crippen molar-refractivity contribution >= 4 is 35.1 Å². The fraction of sp³-hybridized carbons (Fsp3) is 0.283. The van der Waals surface area contributed by atoms with E-state index in [0.29, 0.717) is 56.4 Å². The van der Waals surface area contributed by atoms with Crippen LogP contribution in [0.2, 0.25) is 10.0 Å². The smallest absolute Gasteiger partial charge is 0.326 e. The summed E-state index contributed by atoms with van der Waals surface area (Å²) in [5, 5.41) is 61.4. The van der Waals surface area contributed by atoms with E-state index in [-0.39, 0.29) is 55.9 Å². The molecule has 0 aliphatic heterocycles. The van der Waals surface area contributed by atoms with Gasteiger partial charge >= 0.3 is 11.9 Å². The van der Waals surface area contributed by atoms with Gasteiger partial charge in [-0.15, -0.1) is 0 Å². The van der Waals surface area contributed by atoms with Gasteiger partial charge in [0.15, 0.2) is 0 Å². The number of nitrogens with one attached hydrogen (secondary N) is 1. The van der Waals surface area contributed by atoms with Gasteiger partial charge in [0.2, 0.25) is 0 Å². The number of rotatable bonds is 23. The highest BCUT2D eigenvalue weighted by molar-refractivity contribution is 6.32. The molecule has 6 aromatic rings. The van der Waals surface area contributed by atoms with Crippen molar-refractivity contribution < 1.29 is 49.0 Å². The second kappa shape index (κ2) is 23.4. The highest BCUT2D eigenvalue weighted by atomic mass is 35.5. The first kappa shape index (κ1) is 52.1. The largest absolute Gasteiger partial charge is 0.488 e. The van der Waals surface area contributed by atoms with Crippen LogP contribution in [0.3, 0.4) is 0 Å². The number of aromatic nitrogens is 2. The molecule has 15 nitrogen and oxygen atoms in total. The quantitative estimate of drug-likeness (QED) is 0.0402. The van der Waals surface area contributed by atoms with Crippen LogP contribution in [0.25, 0.3) is 11.1 Å². The fourth-order valence-corrected chi connectivity index (χ4v) is 7.76. The van der Waals surface area contributed by atoms with Crippen LogP contribution >= 0.6 is 23.2 Å². The summed E-state index contributed by atoms with van der Waals surface area (Å²) in [5.41, 5.74) is 5.69. The Morgan fingerprint density at radius 2 is 1.10 bits per heavy atom. The molecule has 0 aliphatic rings. The number of aliphatic hydroxyl groups is 2. The maximum atomic E-state index is 12.0. The van der Waals surface area contributed by atoms with Crippen molar-refractivity contribution in [2.75, 3.05) is 13.2 Å². The molecule has 4 aromatic carbocycles. The first-order valence-electron chi connectivity index (χ1n) is 22.0. The van der Waals surface area contributed by atoms with Gasteiger partial charge < -0.3 is 39.4 Å². The Bertz CT molecular complexity index is 2780. The number of aliphatic carboxylic acids is 2. The third kappa shape index (κ3) is 12.7. The number of carboxylic acids is 2. The molecule has 5 N–H and O–H groups in total. The van der Waals surface area contributed by atoms with Gasteiger partial charge in [-0.2, -0.15) is 10.5 Å². The van der Waals surface area contributed by atoms with E-state index < -0.39 is 36.1 Å². The van der Waals surface area contributed by atoms with E-state index in [4.69, 9.17) is 42.1 Å². The number of carbonyl (C=O) groups is 2. The lowest BCUT2D eigenvalue weighted by Crippen LogP contribution is -2.52. The first-order chi connectivity index (χ1) is 33.5. The standard InChI is InChI=1S/C53H51Cl2N5O10/c1-32-39(28-69-48-17-46(67-26-36-13-34(19-56)21-58-23-36)38(15-44(48)54)11-12-52(3,30-61)50(63)64)7-5-9-42(32)43-10-6-8-40(33(43)2)29-70-49-18-47(68-27-37-14-35(20-57)22-59-24-37)41(16-45(49)55)25-60-53(4,31-62)51(65)66/h5-10,13-18,21-24,60-62H,11-12,25-31H2,1-4H3,(H,63,64)(H,65,66)/t52-,53-/m1/s1. The summed E-state index contributed by atoms with van der Waals surface area (Å²) in [6.45, 7) is 5.97. The van der Waals surface area contributed by atoms with Crippen molar-refractivity contribution in [3.8, 4) is 46.3 Å². The number of hydrogen-bond donors (Lipinski definition) is 5. The lowest BCUT2D eigenvalue weighted by atomic mass is 9.85. The summed E-state index contributed by atoms with van der Waals surface area (Å²) in [5.74, 6) is -0.993. The van der Waals surface area contributed by atoms with Gasteiger partial charge in [0.1, 0.15) is 67.1 Å². The number of ether oxygens (including phenoxy) is 4. The third-order valence-corrected chi connectivity index (χ3v) is 12.7. The van der Waals surface area contributed by atoms with Crippen LogP contribution in [0.5, 0.6) is 23.0 Å². The van der Waals surface area contributed by atoms with Crippen LogP contribution in [0, 0.1) is 41.9 Å². The predicted molar refractivity (Wildman–Crippen MR) is 261 cm³/mol. The van der Waals surface area contributed by atoms with Crippen LogP contribution in [0.4, 0.5) is 0 Å². The molecule has 0 saturated heterocycles. The highest BCUT2D eigenvalue weighted by Gasteiger charge is 2.33. The van der Waals surface area contributed by atoms with Crippen LogP contribution in [0.1, 0.15) is 75.9 Å². The van der Waals surface area contributed by atoms with Crippen LogP contribution < -0.4 is 24.3 Å². The monoisotopic (exact) mass is 987 g/mol. The molecule has 0 radical (unpaired) electrons. The maximum absolute atomic E-state index is 12.0. The van der Waals surface area contributed by atoms with Gasteiger partial charge in [-0.3, -0.25) is 24.9 Å². The van der Waals surface area contributed by atoms with Crippen LogP contribution in [0.15, 0.2) is 97.6 Å². The van der Waals surface area contributed by atoms with Gasteiger partial charge in [-0.25, -0.2) is 0 Å². The van der Waals surface area contributed by atoms with Crippen molar-refractivity contribution in [1.29, 1.82) is 10.5 Å². The van der Waals surface area contributed by atoms with Crippen molar-refractivity contribution in [3.05, 3.63) is 163 Å². The number of nitrogens with zero attached hydrogens (tertiary/aromatic N) is 4. The lowest BCUT2D eigenvalue weighted by Gasteiger charge is -2.25. The van der Waals surface area contributed by atoms with Gasteiger partial charge in [0.25, 0.3) is 0 Å². The number of carboxylic acid groups (broad SMARTS) is 2. The number of aliphatic hydroxyl groups excluding tert-OH is 2. The Labute approximate surface area is 415 Å². The molecule has 2 aromatic heterocycles. The molecule has 0 saturated carbocycles. The summed E-state index contributed by atoms with van der Waals surface area (Å²) >= 11 is 13.6. The Balaban J connectivity index is 1.22. The summed E-state index contributed by atoms with van der Waals surface area (Å²) < 4.78 is 25.1. The molecule has 0 bridgehead atoms. The summed E-state index contributed by atoms with van der Waals surface area (Å²) in [4.78, 5) is 32.1. The molecular formula is C53H51Cl2N5O10. The Morgan fingerprint density at radius 1 is 0.629 bits per heavy atom. The van der Waals surface area contributed by atoms with E-state index in [1.807, 2.05) is 50.2 Å². The SMILES string of the molecule is Cc1c(COc2cc(OCc3cncc(C#N)c3)c(CC[C@](C)(CO)C(=O)O)cc2Cl)cccc1-c1cccc(COc2cc(OCc3cncc(C#N)c3)c(CN[C@](C)(CO)C(=O)O)cc2Cl)c1C. The molecule has 2 atom stereocenters. The average molecular weight is 989 g/mol. The van der Waals surface area contributed by atoms with Gasteiger partial charge in [-0.05, 0) is 104 Å². The molecule has 6 rings (SSSR count). The molecular weight excluding hydrogens is 938 g/mol. The molecule has 0 amide bonds. The predicted octanol–water partition coefficient (Wildman–Crippen LogP) is 9.07. The fourth-order valence-electron chi connectivity index (χ4n) is 7.28. The van der Waals surface area contributed by atoms with E-state index in [1.54, 1.807) is 48.8 Å². The van der Waals surface area contributed by atoms with E-state index in [0.717, 1.165) is 33.4 Å². The van der Waals surface area contributed by atoms with E-state index >= 15 is 0 Å². The Kier molecular flexibility index (Phi) is 17.4. The average Bonchev–Trinajstić information content (AvgIpc) is 3.36. The zero-order valence-electron chi connectivity index (χ0n) is 38.9. The number of benzene rings is 4. The number of aryl methyl sites for hydroxylation is 1. The van der Waals surface area contributed by atoms with Crippen LogP contribution in [-0.2, 0) is 49.0 Å². The number of hydrogen-bond acceptors (Lipinski definition) is 13. The minimum Gasteiger partial charge on any atom is -0.488 e. The molecule has 0 aliphatic carbocycles. The number of nitriles is 2. The molecule has 0 unspecified atom stereocenters. The molecule has 0 fully saturated rings. The third-order valence-electron chi connectivity index (χ3n) is 12.1. The summed E-state index contributed by atoms with van der Waals surface area (Å²) in [7, 11) is 0. The van der Waals surface area contributed by atoms with E-state index in [2.05, 4.69) is 27.4 Å². The normalized spacial score (nSPS) is 12.7. The first-order valence-corrected chi connectivity index (χ1v) is 22.7. The zero-order chi connectivity index (χ0) is 50.6. The minimum absolute atomic E-state index is 0.0189. The molecule has 362 valence electrons. The molecule has 0 spiro atoms. The van der Waals surface area contributed by atoms with E-state index in [1.165, 1.54) is 26.2 Å². The highest BCUT2D eigenvalue weighted by Crippen LogP contribution is 2.39. The topological polar surface area (TPSA) is 237 Å². The molecule has 17 heteroatoms. The minimum atomic E-state index is -1.64. The van der Waals surface area contributed by atoms with Crippen molar-refractivity contribution in [3.63, 3.8) is 0 Å². The maximum Gasteiger partial charge on any atom is 0.326 e. The van der Waals surface area contributed by atoms with Gasteiger partial charge in [-0.1, -0.05) is 59.6 Å². The molecule has 70 heavy (non-hydrogen) atoms. The number of pyridine rings is 2. The van der Waals surface area contributed by atoms with Gasteiger partial charge in [0, 0.05) is 60.2 Å². The number of halogens is 2. The molecule has 2 heterocycles. The Morgan fingerprint density at radius 3 is 1.54 bits per heavy atom. The zero-order valence-corrected chi connectivity index (χ0v) is 40.4. The lowest BCUT2D eigenvalue weighted by molar-refractivity contribution is -0.150. The Hall–Kier alpha value is -7.24. The van der Waals surface area contributed by atoms with Crippen LogP contribution in [-0.4, -0.2) is 61.1 Å². The van der Waals surface area contributed by atoms with Crippen molar-refractivity contribution in [2.45, 2.75) is 79.0 Å². The van der Waals surface area contributed by atoms with Gasteiger partial charge in [0.05, 0.1) is 39.8 Å². The second-order valence-electron chi connectivity index (χ2n) is 17.2. The van der Waals surface area contributed by atoms with Crippen molar-refractivity contribution in [1.82, 2.24) is 15.3 Å². The summed E-state index contributed by atoms with van der Waals surface area (Å²) in [6.07, 6.45) is 6.38. The van der Waals surface area contributed by atoms with Crippen molar-refractivity contribution in [2.24, 2.45) is 5.41 Å². The second-order valence-corrected chi connectivity index (χ2v) is 18.0.